The fourth-order valence-electron chi connectivity index (χ4n) is 1.83. The van der Waals surface area contributed by atoms with E-state index in [-0.39, 0.29) is 11.7 Å². The van der Waals surface area contributed by atoms with Crippen LogP contribution in [0.1, 0.15) is 25.3 Å². The number of ketones is 1. The van der Waals surface area contributed by atoms with E-state index in [0.29, 0.717) is 5.02 Å². The highest BCUT2D eigenvalue weighted by molar-refractivity contribution is 6.30. The molecule has 0 aliphatic heterocycles. The SMILES string of the molecule is COC(=O)C(C(C)=O)C(C)c1cccc(Cl)c1. The molecule has 0 aliphatic rings. The Labute approximate surface area is 106 Å². The third-order valence-electron chi connectivity index (χ3n) is 2.77. The van der Waals surface area contributed by atoms with Gasteiger partial charge in [-0.25, -0.2) is 0 Å². The zero-order valence-corrected chi connectivity index (χ0v) is 10.8. The molecule has 1 aromatic rings. The average Bonchev–Trinajstić information content (AvgIpc) is 2.28. The molecule has 0 fully saturated rings. The van der Waals surface area contributed by atoms with Crippen LogP contribution in [0.4, 0.5) is 0 Å². The van der Waals surface area contributed by atoms with Crippen molar-refractivity contribution in [2.75, 3.05) is 7.11 Å². The van der Waals surface area contributed by atoms with Crippen molar-refractivity contribution in [3.63, 3.8) is 0 Å². The Hall–Kier alpha value is -1.35. The van der Waals surface area contributed by atoms with E-state index in [1.807, 2.05) is 13.0 Å². The van der Waals surface area contributed by atoms with Gasteiger partial charge in [-0.15, -0.1) is 0 Å². The molecule has 0 radical (unpaired) electrons. The van der Waals surface area contributed by atoms with Gasteiger partial charge in [0.2, 0.25) is 0 Å². The topological polar surface area (TPSA) is 43.4 Å². The molecule has 0 heterocycles. The Kier molecular flexibility index (Phi) is 4.70. The van der Waals surface area contributed by atoms with Gasteiger partial charge in [0.1, 0.15) is 11.7 Å². The predicted molar refractivity (Wildman–Crippen MR) is 66.1 cm³/mol. The van der Waals surface area contributed by atoms with Gasteiger partial charge in [0.15, 0.2) is 0 Å². The Bertz CT molecular complexity index is 428. The number of Topliss-reactive ketones (excluding diaryl/α,β-unsaturated/α-hetero) is 1. The van der Waals surface area contributed by atoms with E-state index in [4.69, 9.17) is 11.6 Å². The minimum Gasteiger partial charge on any atom is -0.468 e. The van der Waals surface area contributed by atoms with Crippen LogP contribution < -0.4 is 0 Å². The van der Waals surface area contributed by atoms with E-state index in [1.165, 1.54) is 14.0 Å². The van der Waals surface area contributed by atoms with Crippen molar-refractivity contribution >= 4 is 23.4 Å². The van der Waals surface area contributed by atoms with E-state index in [9.17, 15) is 9.59 Å². The maximum Gasteiger partial charge on any atom is 0.316 e. The van der Waals surface area contributed by atoms with Crippen LogP contribution in [0.5, 0.6) is 0 Å². The largest absolute Gasteiger partial charge is 0.468 e. The molecule has 0 spiro atoms. The van der Waals surface area contributed by atoms with Gasteiger partial charge in [-0.3, -0.25) is 9.59 Å². The first-order chi connectivity index (χ1) is 7.97. The summed E-state index contributed by atoms with van der Waals surface area (Å²) >= 11 is 5.89. The molecular weight excluding hydrogens is 240 g/mol. The van der Waals surface area contributed by atoms with Crippen molar-refractivity contribution in [1.82, 2.24) is 0 Å². The van der Waals surface area contributed by atoms with Crippen LogP contribution in [-0.2, 0) is 14.3 Å². The van der Waals surface area contributed by atoms with Gasteiger partial charge in [0.25, 0.3) is 0 Å². The molecule has 0 aromatic heterocycles. The Morgan fingerprint density at radius 3 is 2.47 bits per heavy atom. The molecule has 2 unspecified atom stereocenters. The minimum atomic E-state index is -0.779. The summed E-state index contributed by atoms with van der Waals surface area (Å²) in [6.07, 6.45) is 0. The average molecular weight is 255 g/mol. The van der Waals surface area contributed by atoms with Crippen molar-refractivity contribution in [3.8, 4) is 0 Å². The van der Waals surface area contributed by atoms with Crippen LogP contribution in [0.15, 0.2) is 24.3 Å². The molecule has 1 aromatic carbocycles. The van der Waals surface area contributed by atoms with Gasteiger partial charge in [-0.1, -0.05) is 30.7 Å². The maximum atomic E-state index is 11.6. The summed E-state index contributed by atoms with van der Waals surface area (Å²) in [5.74, 6) is -1.74. The molecule has 0 saturated heterocycles. The summed E-state index contributed by atoms with van der Waals surface area (Å²) < 4.78 is 4.65. The number of carbonyl (C=O) groups excluding carboxylic acids is 2. The van der Waals surface area contributed by atoms with Crippen LogP contribution >= 0.6 is 11.6 Å². The number of methoxy groups -OCH3 is 1. The van der Waals surface area contributed by atoms with E-state index < -0.39 is 11.9 Å². The van der Waals surface area contributed by atoms with Crippen molar-refractivity contribution in [2.24, 2.45) is 5.92 Å². The molecule has 0 aliphatic carbocycles. The van der Waals surface area contributed by atoms with Gasteiger partial charge in [-0.05, 0) is 24.6 Å². The second kappa shape index (κ2) is 5.82. The number of rotatable bonds is 4. The maximum absolute atomic E-state index is 11.6. The molecule has 92 valence electrons. The highest BCUT2D eigenvalue weighted by atomic mass is 35.5. The summed E-state index contributed by atoms with van der Waals surface area (Å²) in [6, 6.07) is 7.14. The number of halogens is 1. The van der Waals surface area contributed by atoms with Gasteiger partial charge in [0.05, 0.1) is 7.11 Å². The second-order valence-electron chi connectivity index (χ2n) is 3.96. The van der Waals surface area contributed by atoms with Crippen LogP contribution in [0.2, 0.25) is 5.02 Å². The van der Waals surface area contributed by atoms with E-state index in [2.05, 4.69) is 4.74 Å². The summed E-state index contributed by atoms with van der Waals surface area (Å²) in [6.45, 7) is 3.21. The lowest BCUT2D eigenvalue weighted by Crippen LogP contribution is -2.28. The van der Waals surface area contributed by atoms with Crippen LogP contribution in [0, 0.1) is 5.92 Å². The molecule has 2 atom stereocenters. The van der Waals surface area contributed by atoms with E-state index >= 15 is 0 Å². The fraction of sp³-hybridized carbons (Fsp3) is 0.385. The van der Waals surface area contributed by atoms with Gasteiger partial charge in [0, 0.05) is 10.9 Å². The Morgan fingerprint density at radius 2 is 2.00 bits per heavy atom. The van der Waals surface area contributed by atoms with Gasteiger partial charge in [-0.2, -0.15) is 0 Å². The summed E-state index contributed by atoms with van der Waals surface area (Å²) in [5, 5.41) is 0.585. The lowest BCUT2D eigenvalue weighted by Gasteiger charge is -2.19. The Morgan fingerprint density at radius 1 is 1.35 bits per heavy atom. The number of hydrogen-bond acceptors (Lipinski definition) is 3. The standard InChI is InChI=1S/C13H15ClO3/c1-8(10-5-4-6-11(14)7-10)12(9(2)15)13(16)17-3/h4-8,12H,1-3H3. The van der Waals surface area contributed by atoms with Crippen LogP contribution in [0.3, 0.4) is 0 Å². The molecule has 0 saturated carbocycles. The molecule has 1 rings (SSSR count). The quantitative estimate of drug-likeness (QED) is 0.613. The number of benzene rings is 1. The molecule has 17 heavy (non-hydrogen) atoms. The summed E-state index contributed by atoms with van der Waals surface area (Å²) in [7, 11) is 1.28. The number of esters is 1. The van der Waals surface area contributed by atoms with Crippen molar-refractivity contribution < 1.29 is 14.3 Å². The van der Waals surface area contributed by atoms with Crippen LogP contribution in [0.25, 0.3) is 0 Å². The monoisotopic (exact) mass is 254 g/mol. The van der Waals surface area contributed by atoms with Gasteiger partial charge < -0.3 is 4.74 Å². The van der Waals surface area contributed by atoms with Crippen molar-refractivity contribution in [1.29, 1.82) is 0 Å². The zero-order chi connectivity index (χ0) is 13.0. The number of ether oxygens (including phenoxy) is 1. The summed E-state index contributed by atoms with van der Waals surface area (Å²) in [4.78, 5) is 23.1. The first kappa shape index (κ1) is 13.7. The number of carbonyl (C=O) groups is 2. The van der Waals surface area contributed by atoms with Gasteiger partial charge >= 0.3 is 5.97 Å². The van der Waals surface area contributed by atoms with Crippen molar-refractivity contribution in [3.05, 3.63) is 34.9 Å². The zero-order valence-electron chi connectivity index (χ0n) is 10.1. The smallest absolute Gasteiger partial charge is 0.316 e. The van der Waals surface area contributed by atoms with Crippen LogP contribution in [-0.4, -0.2) is 18.9 Å². The van der Waals surface area contributed by atoms with E-state index in [0.717, 1.165) is 5.56 Å². The molecular formula is C13H15ClO3. The third kappa shape index (κ3) is 3.30. The fourth-order valence-corrected chi connectivity index (χ4v) is 2.03. The highest BCUT2D eigenvalue weighted by Crippen LogP contribution is 2.27. The lowest BCUT2D eigenvalue weighted by molar-refractivity contribution is -0.149. The normalized spacial score (nSPS) is 13.9. The third-order valence-corrected chi connectivity index (χ3v) is 3.00. The molecule has 3 nitrogen and oxygen atoms in total. The highest BCUT2D eigenvalue weighted by Gasteiger charge is 2.31. The van der Waals surface area contributed by atoms with Crippen molar-refractivity contribution in [2.45, 2.75) is 19.8 Å². The molecule has 0 N–H and O–H groups in total. The predicted octanol–water partition coefficient (Wildman–Crippen LogP) is 2.82. The number of hydrogen-bond donors (Lipinski definition) is 0. The summed E-state index contributed by atoms with van der Waals surface area (Å²) in [5.41, 5.74) is 0.850. The molecule has 0 amide bonds. The minimum absolute atomic E-state index is 0.204. The molecule has 0 bridgehead atoms. The second-order valence-corrected chi connectivity index (χ2v) is 4.39. The first-order valence-corrected chi connectivity index (χ1v) is 5.69. The van der Waals surface area contributed by atoms with E-state index in [1.54, 1.807) is 18.2 Å². The lowest BCUT2D eigenvalue weighted by atomic mass is 9.85. The first-order valence-electron chi connectivity index (χ1n) is 5.31. The molecule has 4 heteroatoms. The Balaban J connectivity index is 3.04.